The molecule has 1 unspecified atom stereocenters. The number of aliphatic hydroxyl groups is 1. The van der Waals surface area contributed by atoms with Gasteiger partial charge in [0.05, 0.1) is 18.7 Å². The van der Waals surface area contributed by atoms with Gasteiger partial charge in [-0.15, -0.1) is 0 Å². The van der Waals surface area contributed by atoms with Crippen molar-refractivity contribution in [1.29, 1.82) is 0 Å². The first kappa shape index (κ1) is 21.6. The molecule has 0 radical (unpaired) electrons. The number of nitrogens with zero attached hydrogens (tertiary/aromatic N) is 2. The van der Waals surface area contributed by atoms with E-state index < -0.39 is 17.7 Å². The maximum Gasteiger partial charge on any atom is 0.295 e. The standard InChI is InChI=1S/C24H28N2O4/c1-4-25(5-2)15-16-26-21(17-11-13-19(30-3)14-12-17)20(23(28)24(26)29)22(27)18-9-7-6-8-10-18/h6-14,21,27H,4-5,15-16H2,1-3H3/b22-20+. The van der Waals surface area contributed by atoms with Gasteiger partial charge in [0, 0.05) is 18.7 Å². The molecule has 158 valence electrons. The Morgan fingerprint density at radius 2 is 1.67 bits per heavy atom. The Labute approximate surface area is 177 Å². The van der Waals surface area contributed by atoms with Crippen LogP contribution in [-0.4, -0.2) is 59.9 Å². The first-order valence-corrected chi connectivity index (χ1v) is 10.2. The topological polar surface area (TPSA) is 70.1 Å². The molecule has 0 bridgehead atoms. The highest BCUT2D eigenvalue weighted by atomic mass is 16.5. The third-order valence-electron chi connectivity index (χ3n) is 5.57. The van der Waals surface area contributed by atoms with Crippen molar-refractivity contribution in [2.45, 2.75) is 19.9 Å². The zero-order valence-corrected chi connectivity index (χ0v) is 17.7. The number of benzene rings is 2. The number of aliphatic hydroxyl groups excluding tert-OH is 1. The van der Waals surface area contributed by atoms with Gasteiger partial charge in [-0.1, -0.05) is 56.3 Å². The summed E-state index contributed by atoms with van der Waals surface area (Å²) in [4.78, 5) is 29.7. The third-order valence-corrected chi connectivity index (χ3v) is 5.57. The van der Waals surface area contributed by atoms with Gasteiger partial charge in [-0.3, -0.25) is 9.59 Å². The normalized spacial score (nSPS) is 18.3. The summed E-state index contributed by atoms with van der Waals surface area (Å²) >= 11 is 0. The van der Waals surface area contributed by atoms with Crippen molar-refractivity contribution in [1.82, 2.24) is 9.80 Å². The van der Waals surface area contributed by atoms with Crippen LogP contribution >= 0.6 is 0 Å². The number of Topliss-reactive ketones (excluding diaryl/α,β-unsaturated/α-hetero) is 1. The molecule has 2 aromatic carbocycles. The fourth-order valence-corrected chi connectivity index (χ4v) is 3.78. The van der Waals surface area contributed by atoms with Crippen LogP contribution in [0.4, 0.5) is 0 Å². The molecule has 3 rings (SSSR count). The second kappa shape index (κ2) is 9.59. The van der Waals surface area contributed by atoms with Crippen molar-refractivity contribution in [3.63, 3.8) is 0 Å². The number of methoxy groups -OCH3 is 1. The molecule has 1 N–H and O–H groups in total. The van der Waals surface area contributed by atoms with Gasteiger partial charge in [0.25, 0.3) is 11.7 Å². The lowest BCUT2D eigenvalue weighted by Crippen LogP contribution is -2.38. The van der Waals surface area contributed by atoms with E-state index in [0.717, 1.165) is 18.7 Å². The minimum atomic E-state index is -0.656. The number of ether oxygens (including phenoxy) is 1. The smallest absolute Gasteiger partial charge is 0.295 e. The predicted molar refractivity (Wildman–Crippen MR) is 116 cm³/mol. The number of hydrogen-bond acceptors (Lipinski definition) is 5. The number of likely N-dealkylation sites (tertiary alicyclic amines) is 1. The van der Waals surface area contributed by atoms with Crippen LogP contribution in [-0.2, 0) is 9.59 Å². The van der Waals surface area contributed by atoms with Crippen molar-refractivity contribution in [2.24, 2.45) is 0 Å². The first-order valence-electron chi connectivity index (χ1n) is 10.2. The maximum absolute atomic E-state index is 13.0. The highest BCUT2D eigenvalue weighted by Gasteiger charge is 2.45. The van der Waals surface area contributed by atoms with Crippen molar-refractivity contribution in [3.05, 3.63) is 71.3 Å². The molecule has 1 heterocycles. The van der Waals surface area contributed by atoms with E-state index in [1.165, 1.54) is 0 Å². The zero-order chi connectivity index (χ0) is 21.7. The second-order valence-corrected chi connectivity index (χ2v) is 7.16. The summed E-state index contributed by atoms with van der Waals surface area (Å²) in [6, 6.07) is 15.5. The highest BCUT2D eigenvalue weighted by Crippen LogP contribution is 2.39. The van der Waals surface area contributed by atoms with Crippen molar-refractivity contribution >= 4 is 17.4 Å². The lowest BCUT2D eigenvalue weighted by Gasteiger charge is -2.28. The van der Waals surface area contributed by atoms with E-state index in [1.54, 1.807) is 48.4 Å². The SMILES string of the molecule is CCN(CC)CCN1C(=O)C(=O)/C(=C(/O)c2ccccc2)C1c1ccc(OC)cc1. The van der Waals surface area contributed by atoms with E-state index in [9.17, 15) is 14.7 Å². The van der Waals surface area contributed by atoms with Gasteiger partial charge in [-0.05, 0) is 30.8 Å². The van der Waals surface area contributed by atoms with Crippen LogP contribution in [0.1, 0.15) is 31.0 Å². The summed E-state index contributed by atoms with van der Waals surface area (Å²) in [5, 5.41) is 11.0. The number of hydrogen-bond donors (Lipinski definition) is 1. The Balaban J connectivity index is 2.07. The summed E-state index contributed by atoms with van der Waals surface area (Å²) in [6.07, 6.45) is 0. The number of rotatable bonds is 8. The van der Waals surface area contributed by atoms with Gasteiger partial charge >= 0.3 is 0 Å². The molecule has 1 aliphatic rings. The Kier molecular flexibility index (Phi) is 6.90. The highest BCUT2D eigenvalue weighted by molar-refractivity contribution is 6.46. The number of ketones is 1. The predicted octanol–water partition coefficient (Wildman–Crippen LogP) is 3.46. The zero-order valence-electron chi connectivity index (χ0n) is 17.7. The van der Waals surface area contributed by atoms with Crippen LogP contribution in [0.15, 0.2) is 60.2 Å². The minimum absolute atomic E-state index is 0.121. The van der Waals surface area contributed by atoms with Crippen molar-refractivity contribution in [3.8, 4) is 5.75 Å². The Bertz CT molecular complexity index is 918. The van der Waals surface area contributed by atoms with Gasteiger partial charge in [0.1, 0.15) is 11.5 Å². The molecular weight excluding hydrogens is 380 g/mol. The van der Waals surface area contributed by atoms with Crippen molar-refractivity contribution in [2.75, 3.05) is 33.3 Å². The van der Waals surface area contributed by atoms with E-state index >= 15 is 0 Å². The van der Waals surface area contributed by atoms with E-state index in [-0.39, 0.29) is 11.3 Å². The molecule has 1 atom stereocenters. The number of amides is 1. The molecule has 0 aromatic heterocycles. The summed E-state index contributed by atoms with van der Waals surface area (Å²) in [5.41, 5.74) is 1.39. The molecule has 6 heteroatoms. The van der Waals surface area contributed by atoms with Crippen molar-refractivity contribution < 1.29 is 19.4 Å². The Hall–Kier alpha value is -3.12. The van der Waals surface area contributed by atoms with Crippen LogP contribution < -0.4 is 4.74 Å². The average Bonchev–Trinajstić information content (AvgIpc) is 3.04. The fraction of sp³-hybridized carbons (Fsp3) is 0.333. The molecule has 1 amide bonds. The van der Waals surface area contributed by atoms with Gasteiger partial charge in [0.2, 0.25) is 0 Å². The van der Waals surface area contributed by atoms with Crippen LogP contribution in [0.5, 0.6) is 5.75 Å². The summed E-state index contributed by atoms with van der Waals surface area (Å²) in [6.45, 7) is 6.89. The summed E-state index contributed by atoms with van der Waals surface area (Å²) in [5.74, 6) is -0.709. The molecule has 0 saturated carbocycles. The van der Waals surface area contributed by atoms with Gasteiger partial charge < -0.3 is 19.6 Å². The minimum Gasteiger partial charge on any atom is -0.507 e. The van der Waals surface area contributed by atoms with Gasteiger partial charge in [-0.25, -0.2) is 0 Å². The van der Waals surface area contributed by atoms with E-state index in [0.29, 0.717) is 24.4 Å². The summed E-state index contributed by atoms with van der Waals surface area (Å²) < 4.78 is 5.24. The quantitative estimate of drug-likeness (QED) is 0.412. The van der Waals surface area contributed by atoms with Crippen LogP contribution in [0, 0.1) is 0 Å². The maximum atomic E-state index is 13.0. The van der Waals surface area contributed by atoms with E-state index in [2.05, 4.69) is 18.7 Å². The number of carbonyl (C=O) groups is 2. The largest absolute Gasteiger partial charge is 0.507 e. The Morgan fingerprint density at radius 3 is 2.23 bits per heavy atom. The average molecular weight is 408 g/mol. The molecule has 1 saturated heterocycles. The molecular formula is C24H28N2O4. The monoisotopic (exact) mass is 408 g/mol. The lowest BCUT2D eigenvalue weighted by molar-refractivity contribution is -0.140. The molecule has 6 nitrogen and oxygen atoms in total. The lowest BCUT2D eigenvalue weighted by atomic mass is 9.95. The van der Waals surface area contributed by atoms with Gasteiger partial charge in [-0.2, -0.15) is 0 Å². The molecule has 30 heavy (non-hydrogen) atoms. The third kappa shape index (κ3) is 4.24. The second-order valence-electron chi connectivity index (χ2n) is 7.16. The van der Waals surface area contributed by atoms with Crippen LogP contribution in [0.3, 0.4) is 0 Å². The van der Waals surface area contributed by atoms with E-state index in [1.807, 2.05) is 18.2 Å². The molecule has 2 aromatic rings. The first-order chi connectivity index (χ1) is 14.5. The summed E-state index contributed by atoms with van der Waals surface area (Å²) in [7, 11) is 1.58. The molecule has 1 aliphatic heterocycles. The fourth-order valence-electron chi connectivity index (χ4n) is 3.78. The molecule has 1 fully saturated rings. The van der Waals surface area contributed by atoms with E-state index in [4.69, 9.17) is 4.74 Å². The number of likely N-dealkylation sites (N-methyl/N-ethyl adjacent to an activating group) is 1. The molecule has 0 aliphatic carbocycles. The van der Waals surface area contributed by atoms with Crippen LogP contribution in [0.2, 0.25) is 0 Å². The number of carbonyl (C=O) groups excluding carboxylic acids is 2. The molecule has 0 spiro atoms. The Morgan fingerprint density at radius 1 is 1.03 bits per heavy atom. The van der Waals surface area contributed by atoms with Gasteiger partial charge in [0.15, 0.2) is 0 Å². The van der Waals surface area contributed by atoms with Crippen LogP contribution in [0.25, 0.3) is 5.76 Å².